The number of hydrogen-bond acceptors (Lipinski definition) is 2. The van der Waals surface area contributed by atoms with Crippen LogP contribution in [0, 0.1) is 5.92 Å². The molecule has 0 amide bonds. The quantitative estimate of drug-likeness (QED) is 0.852. The van der Waals surface area contributed by atoms with Gasteiger partial charge in [-0.15, -0.1) is 0 Å². The third-order valence-corrected chi connectivity index (χ3v) is 4.44. The molecule has 1 aliphatic rings. The lowest BCUT2D eigenvalue weighted by molar-refractivity contribution is 0.238. The summed E-state index contributed by atoms with van der Waals surface area (Å²) in [6.07, 6.45) is 3.83. The number of likely N-dealkylation sites (N-methyl/N-ethyl adjacent to an activating group) is 1. The molecule has 112 valence electrons. The van der Waals surface area contributed by atoms with Crippen molar-refractivity contribution in [1.82, 2.24) is 10.2 Å². The summed E-state index contributed by atoms with van der Waals surface area (Å²) in [5.74, 6) is 0.731. The van der Waals surface area contributed by atoms with Crippen molar-refractivity contribution in [3.8, 4) is 0 Å². The van der Waals surface area contributed by atoms with Crippen LogP contribution in [0.5, 0.6) is 0 Å². The molecule has 2 heteroatoms. The van der Waals surface area contributed by atoms with Gasteiger partial charge in [-0.1, -0.05) is 38.1 Å². The van der Waals surface area contributed by atoms with Gasteiger partial charge in [-0.2, -0.15) is 0 Å². The first-order chi connectivity index (χ1) is 9.56. The average molecular weight is 274 g/mol. The molecule has 2 nitrogen and oxygen atoms in total. The molecule has 1 heterocycles. The number of nitrogens with zero attached hydrogens (tertiary/aromatic N) is 1. The lowest BCUT2D eigenvalue weighted by atomic mass is 9.99. The Kier molecular flexibility index (Phi) is 5.62. The Labute approximate surface area is 124 Å². The zero-order valence-corrected chi connectivity index (χ0v) is 13.5. The second kappa shape index (κ2) is 7.24. The van der Waals surface area contributed by atoms with Crippen LogP contribution in [0.2, 0.25) is 0 Å². The molecule has 20 heavy (non-hydrogen) atoms. The molecule has 1 saturated heterocycles. The van der Waals surface area contributed by atoms with E-state index >= 15 is 0 Å². The van der Waals surface area contributed by atoms with Crippen LogP contribution in [0.15, 0.2) is 24.3 Å². The fourth-order valence-corrected chi connectivity index (χ4v) is 3.08. The summed E-state index contributed by atoms with van der Waals surface area (Å²) in [5, 5.41) is 3.58. The van der Waals surface area contributed by atoms with E-state index in [4.69, 9.17) is 0 Å². The van der Waals surface area contributed by atoms with E-state index in [2.05, 4.69) is 62.3 Å². The van der Waals surface area contributed by atoms with E-state index in [0.717, 1.165) is 12.5 Å². The highest BCUT2D eigenvalue weighted by Crippen LogP contribution is 2.21. The highest BCUT2D eigenvalue weighted by Gasteiger charge is 2.19. The third-order valence-electron chi connectivity index (χ3n) is 4.44. The van der Waals surface area contributed by atoms with Gasteiger partial charge in [0.1, 0.15) is 0 Å². The van der Waals surface area contributed by atoms with Gasteiger partial charge in [0.25, 0.3) is 0 Å². The minimum absolute atomic E-state index is 0.491. The largest absolute Gasteiger partial charge is 0.313 e. The van der Waals surface area contributed by atoms with Crippen molar-refractivity contribution in [3.63, 3.8) is 0 Å². The van der Waals surface area contributed by atoms with E-state index < -0.39 is 0 Å². The van der Waals surface area contributed by atoms with Crippen LogP contribution < -0.4 is 5.32 Å². The second-order valence-corrected chi connectivity index (χ2v) is 6.75. The van der Waals surface area contributed by atoms with E-state index in [9.17, 15) is 0 Å². The lowest BCUT2D eigenvalue weighted by Crippen LogP contribution is -2.36. The normalized spacial score (nSPS) is 20.8. The molecule has 0 bridgehead atoms. The highest BCUT2D eigenvalue weighted by atomic mass is 15.2. The summed E-state index contributed by atoms with van der Waals surface area (Å²) in [6, 6.07) is 10.4. The van der Waals surface area contributed by atoms with Gasteiger partial charge in [-0.25, -0.2) is 0 Å². The Balaban J connectivity index is 1.91. The summed E-state index contributed by atoms with van der Waals surface area (Å²) < 4.78 is 0. The second-order valence-electron chi connectivity index (χ2n) is 6.75. The Morgan fingerprint density at radius 3 is 2.45 bits per heavy atom. The molecule has 1 aromatic rings. The van der Waals surface area contributed by atoms with E-state index in [1.807, 2.05) is 0 Å². The van der Waals surface area contributed by atoms with Crippen LogP contribution >= 0.6 is 0 Å². The molecule has 1 aliphatic heterocycles. The molecule has 2 atom stereocenters. The van der Waals surface area contributed by atoms with Gasteiger partial charge in [0.15, 0.2) is 0 Å². The summed E-state index contributed by atoms with van der Waals surface area (Å²) in [7, 11) is 2.24. The summed E-state index contributed by atoms with van der Waals surface area (Å²) in [6.45, 7) is 9.20. The fourth-order valence-electron chi connectivity index (χ4n) is 3.08. The van der Waals surface area contributed by atoms with E-state index in [1.165, 1.54) is 36.9 Å². The smallest absolute Gasteiger partial charge is 0.0317 e. The minimum Gasteiger partial charge on any atom is -0.313 e. The van der Waals surface area contributed by atoms with Gasteiger partial charge in [0, 0.05) is 18.6 Å². The maximum Gasteiger partial charge on any atom is 0.0317 e. The molecule has 1 fully saturated rings. The zero-order chi connectivity index (χ0) is 14.5. The first kappa shape index (κ1) is 15.5. The molecule has 1 N–H and O–H groups in total. The Morgan fingerprint density at radius 1 is 1.20 bits per heavy atom. The molecular weight excluding hydrogens is 244 g/mol. The maximum absolute atomic E-state index is 3.58. The fraction of sp³-hybridized carbons (Fsp3) is 0.667. The predicted molar refractivity (Wildman–Crippen MR) is 87.1 cm³/mol. The maximum atomic E-state index is 3.58. The van der Waals surface area contributed by atoms with Crippen LogP contribution in [0.1, 0.15) is 50.8 Å². The van der Waals surface area contributed by atoms with Gasteiger partial charge >= 0.3 is 0 Å². The topological polar surface area (TPSA) is 15.3 Å². The Hall–Kier alpha value is -0.860. The van der Waals surface area contributed by atoms with Gasteiger partial charge in [0.2, 0.25) is 0 Å². The Bertz CT molecular complexity index is 390. The summed E-state index contributed by atoms with van der Waals surface area (Å²) >= 11 is 0. The minimum atomic E-state index is 0.491. The van der Waals surface area contributed by atoms with Crippen molar-refractivity contribution in [2.75, 3.05) is 20.1 Å². The van der Waals surface area contributed by atoms with E-state index in [-0.39, 0.29) is 0 Å². The van der Waals surface area contributed by atoms with Crippen LogP contribution in [0.25, 0.3) is 0 Å². The van der Waals surface area contributed by atoms with Crippen LogP contribution in [0.3, 0.4) is 0 Å². The van der Waals surface area contributed by atoms with Gasteiger partial charge in [0.05, 0.1) is 0 Å². The predicted octanol–water partition coefficient (Wildman–Crippen LogP) is 3.63. The van der Waals surface area contributed by atoms with Crippen molar-refractivity contribution in [2.45, 2.75) is 52.1 Å². The number of hydrogen-bond donors (Lipinski definition) is 1. The van der Waals surface area contributed by atoms with Crippen molar-refractivity contribution in [1.29, 1.82) is 0 Å². The molecule has 0 spiro atoms. The monoisotopic (exact) mass is 274 g/mol. The summed E-state index contributed by atoms with van der Waals surface area (Å²) in [5.41, 5.74) is 2.88. The van der Waals surface area contributed by atoms with Crippen LogP contribution in [-0.4, -0.2) is 31.1 Å². The molecule has 2 unspecified atom stereocenters. The number of nitrogens with one attached hydrogen (secondary N) is 1. The van der Waals surface area contributed by atoms with E-state index in [0.29, 0.717) is 12.1 Å². The van der Waals surface area contributed by atoms with Crippen LogP contribution in [0.4, 0.5) is 0 Å². The molecule has 1 aromatic carbocycles. The molecule has 0 saturated carbocycles. The van der Waals surface area contributed by atoms with Crippen molar-refractivity contribution < 1.29 is 0 Å². The molecule has 0 aromatic heterocycles. The Morgan fingerprint density at radius 2 is 1.90 bits per heavy atom. The molecule has 0 aliphatic carbocycles. The van der Waals surface area contributed by atoms with E-state index in [1.54, 1.807) is 0 Å². The number of benzene rings is 1. The molecule has 0 radical (unpaired) electrons. The standard InChI is InChI=1S/C18H30N2/c1-14(2)12-16-7-9-17(10-8-16)15(3)20(4)13-18-6-5-11-19-18/h7-10,14-15,18-19H,5-6,11-13H2,1-4H3. The van der Waals surface area contributed by atoms with Crippen molar-refractivity contribution in [2.24, 2.45) is 5.92 Å². The van der Waals surface area contributed by atoms with Gasteiger partial charge in [-0.3, -0.25) is 4.90 Å². The molecular formula is C18H30N2. The SMILES string of the molecule is CC(C)Cc1ccc(C(C)N(C)CC2CCCN2)cc1. The first-order valence-corrected chi connectivity index (χ1v) is 8.08. The van der Waals surface area contributed by atoms with Gasteiger partial charge < -0.3 is 5.32 Å². The average Bonchev–Trinajstić information content (AvgIpc) is 2.91. The van der Waals surface area contributed by atoms with Crippen molar-refractivity contribution in [3.05, 3.63) is 35.4 Å². The highest BCUT2D eigenvalue weighted by molar-refractivity contribution is 5.25. The van der Waals surface area contributed by atoms with Crippen LogP contribution in [-0.2, 0) is 6.42 Å². The third kappa shape index (κ3) is 4.32. The molecule has 2 rings (SSSR count). The number of rotatable bonds is 6. The lowest BCUT2D eigenvalue weighted by Gasteiger charge is -2.28. The van der Waals surface area contributed by atoms with Gasteiger partial charge in [-0.05, 0) is 56.8 Å². The zero-order valence-electron chi connectivity index (χ0n) is 13.5. The van der Waals surface area contributed by atoms with Crippen molar-refractivity contribution >= 4 is 0 Å². The summed E-state index contributed by atoms with van der Waals surface area (Å²) in [4.78, 5) is 2.47. The first-order valence-electron chi connectivity index (χ1n) is 8.08.